The Morgan fingerprint density at radius 3 is 2.09 bits per heavy atom. The Hall–Kier alpha value is -7.62. The van der Waals surface area contributed by atoms with E-state index in [1.807, 2.05) is 0 Å². The van der Waals surface area contributed by atoms with Gasteiger partial charge in [-0.05, 0) is 106 Å². The second-order valence-corrected chi connectivity index (χ2v) is 13.1. The largest absolute Gasteiger partial charge is 0.456 e. The number of para-hydroxylation sites is 3. The summed E-state index contributed by atoms with van der Waals surface area (Å²) in [6.07, 6.45) is 0. The molecule has 3 heteroatoms. The van der Waals surface area contributed by atoms with E-state index in [-0.39, 0.29) is 106 Å². The molecule has 57 heavy (non-hydrogen) atoms. The van der Waals surface area contributed by atoms with Crippen molar-refractivity contribution >= 4 is 65.6 Å². The lowest BCUT2D eigenvalue weighted by Crippen LogP contribution is -1.94. The Labute approximate surface area is 361 Å². The molecule has 3 nitrogen and oxygen atoms in total. The van der Waals surface area contributed by atoms with Crippen LogP contribution in [0.2, 0.25) is 0 Å². The molecule has 0 spiro atoms. The Morgan fingerprint density at radius 2 is 1.14 bits per heavy atom. The summed E-state index contributed by atoms with van der Waals surface area (Å²) in [5, 5.41) is -1.05. The molecular formula is C54H34N2O. The highest BCUT2D eigenvalue weighted by atomic mass is 16.3. The zero-order chi connectivity index (χ0) is 57.5. The molecule has 0 aliphatic heterocycles. The maximum absolute atomic E-state index is 9.99. The smallest absolute Gasteiger partial charge is 0.136 e. The summed E-state index contributed by atoms with van der Waals surface area (Å²) >= 11 is 0. The third-order valence-corrected chi connectivity index (χ3v) is 9.91. The lowest BCUT2D eigenvalue weighted by atomic mass is 9.96. The Morgan fingerprint density at radius 1 is 0.368 bits per heavy atom. The Kier molecular flexibility index (Phi) is 3.63. The molecule has 12 rings (SSSR count). The normalized spacial score (nSPS) is 17.5. The van der Waals surface area contributed by atoms with Crippen molar-refractivity contribution in [3.05, 3.63) is 206 Å². The number of furan rings is 1. The summed E-state index contributed by atoms with van der Waals surface area (Å²) < 4.78 is 218. The molecule has 0 aliphatic rings. The van der Waals surface area contributed by atoms with Crippen molar-refractivity contribution in [2.24, 2.45) is 0 Å². The lowest BCUT2D eigenvalue weighted by Gasteiger charge is -2.10. The van der Waals surface area contributed by atoms with E-state index in [1.165, 1.54) is 33.4 Å². The van der Waals surface area contributed by atoms with Crippen molar-refractivity contribution in [2.75, 3.05) is 0 Å². The molecule has 0 fully saturated rings. The van der Waals surface area contributed by atoms with Crippen LogP contribution in [0.25, 0.3) is 110 Å². The van der Waals surface area contributed by atoms with Crippen molar-refractivity contribution in [3.8, 4) is 44.8 Å². The molecule has 3 heterocycles. The third kappa shape index (κ3) is 4.92. The average Bonchev–Trinajstić information content (AvgIpc) is 2.23. The number of nitrogens with zero attached hydrogens (tertiary/aromatic N) is 2. The van der Waals surface area contributed by atoms with Gasteiger partial charge in [0.05, 0.1) is 53.6 Å². The van der Waals surface area contributed by atoms with Crippen LogP contribution in [-0.4, -0.2) is 9.13 Å². The van der Waals surface area contributed by atoms with E-state index < -0.39 is 138 Å². The highest BCUT2D eigenvalue weighted by Crippen LogP contribution is 2.41. The van der Waals surface area contributed by atoms with E-state index in [0.717, 1.165) is 12.1 Å². The fourth-order valence-corrected chi connectivity index (χ4v) is 7.43. The summed E-state index contributed by atoms with van der Waals surface area (Å²) in [6, 6.07) is 2.30. The number of aromatic nitrogens is 2. The first-order chi connectivity index (χ1) is 37.8. The van der Waals surface area contributed by atoms with Gasteiger partial charge >= 0.3 is 0 Å². The fraction of sp³-hybridized carbons (Fsp3) is 0. The Bertz CT molecular complexity index is 4870. The van der Waals surface area contributed by atoms with E-state index in [0.29, 0.717) is 5.69 Å². The molecule has 0 N–H and O–H groups in total. The molecule has 0 radical (unpaired) electrons. The van der Waals surface area contributed by atoms with Crippen molar-refractivity contribution in [2.45, 2.75) is 0 Å². The summed E-state index contributed by atoms with van der Waals surface area (Å²) in [5.41, 5.74) is -3.18. The van der Waals surface area contributed by atoms with Crippen molar-refractivity contribution in [1.82, 2.24) is 9.13 Å². The van der Waals surface area contributed by atoms with Gasteiger partial charge in [-0.3, -0.25) is 0 Å². The number of rotatable bonds is 5. The van der Waals surface area contributed by atoms with Gasteiger partial charge in [-0.15, -0.1) is 0 Å². The second-order valence-electron chi connectivity index (χ2n) is 13.1. The molecule has 0 saturated carbocycles. The number of fused-ring (bicyclic) bond motifs is 9. The summed E-state index contributed by atoms with van der Waals surface area (Å²) in [4.78, 5) is 0. The van der Waals surface area contributed by atoms with Crippen LogP contribution >= 0.6 is 0 Å². The Balaban J connectivity index is 1.20. The van der Waals surface area contributed by atoms with Gasteiger partial charge in [0.25, 0.3) is 0 Å². The van der Waals surface area contributed by atoms with Gasteiger partial charge in [0.1, 0.15) is 11.2 Å². The van der Waals surface area contributed by atoms with Crippen LogP contribution in [0, 0.1) is 0 Å². The third-order valence-electron chi connectivity index (χ3n) is 9.91. The van der Waals surface area contributed by atoms with Crippen LogP contribution in [0.5, 0.6) is 0 Å². The maximum atomic E-state index is 9.99. The SMILES string of the molecule is [2H]c1cc([2H])c([2H])c(-c2c([2H])cc([2H])c(-c3c([2H])c([2H])c([2H])c4oc5c([2H])cc(-n6c7cc([2H])c([2H])c([2H])c7c7c([2H])c(-c8c([2H])c([2H])c9c%10c([2H])c([2H])c([2H])c([2H])c%10n(-c%10ccccc%10)c9c8[2H])c([2H])c([2H])c76)cc5c34)c2[2H])c1. The summed E-state index contributed by atoms with van der Waals surface area (Å²) in [6.45, 7) is 0. The van der Waals surface area contributed by atoms with Crippen molar-refractivity contribution < 1.29 is 35.9 Å². The van der Waals surface area contributed by atoms with Crippen LogP contribution in [0.3, 0.4) is 0 Å². The van der Waals surface area contributed by atoms with Gasteiger partial charge in [0, 0.05) is 43.7 Å². The zero-order valence-electron chi connectivity index (χ0n) is 52.2. The van der Waals surface area contributed by atoms with Gasteiger partial charge in [0.2, 0.25) is 0 Å². The topological polar surface area (TPSA) is 23.0 Å². The molecular weight excluding hydrogens is 693 g/mol. The monoisotopic (exact) mass is 749 g/mol. The van der Waals surface area contributed by atoms with E-state index in [9.17, 15) is 13.7 Å². The highest BCUT2D eigenvalue weighted by Gasteiger charge is 2.18. The predicted molar refractivity (Wildman–Crippen MR) is 239 cm³/mol. The minimum absolute atomic E-state index is 0.0632. The molecule has 0 unspecified atom stereocenters. The van der Waals surface area contributed by atoms with E-state index in [1.54, 1.807) is 30.3 Å². The van der Waals surface area contributed by atoms with Gasteiger partial charge in [-0.25, -0.2) is 0 Å². The van der Waals surface area contributed by atoms with E-state index in [2.05, 4.69) is 0 Å². The molecule has 0 saturated heterocycles. The van der Waals surface area contributed by atoms with E-state index >= 15 is 0 Å². The van der Waals surface area contributed by atoms with Crippen LogP contribution in [0.1, 0.15) is 31.5 Å². The number of benzene rings is 9. The number of hydrogen-bond acceptors (Lipinski definition) is 1. The minimum Gasteiger partial charge on any atom is -0.456 e. The first kappa shape index (κ1) is 16.6. The first-order valence-electron chi connectivity index (χ1n) is 29.1. The molecule has 0 amide bonds. The van der Waals surface area contributed by atoms with Crippen LogP contribution < -0.4 is 0 Å². The molecule has 266 valence electrons. The van der Waals surface area contributed by atoms with Gasteiger partial charge in [0.15, 0.2) is 0 Å². The number of hydrogen-bond donors (Lipinski definition) is 0. The molecule has 0 atom stereocenters. The van der Waals surface area contributed by atoms with E-state index in [4.69, 9.17) is 22.2 Å². The van der Waals surface area contributed by atoms with Crippen LogP contribution in [0.4, 0.5) is 0 Å². The summed E-state index contributed by atoms with van der Waals surface area (Å²) in [5.74, 6) is 0. The van der Waals surface area contributed by atoms with Gasteiger partial charge in [-0.2, -0.15) is 0 Å². The molecule has 12 aromatic rings. The lowest BCUT2D eigenvalue weighted by molar-refractivity contribution is 0.669. The molecule has 0 aliphatic carbocycles. The van der Waals surface area contributed by atoms with Crippen molar-refractivity contribution in [3.63, 3.8) is 0 Å². The molecule has 3 aromatic heterocycles. The van der Waals surface area contributed by atoms with Gasteiger partial charge in [-0.1, -0.05) is 133 Å². The maximum Gasteiger partial charge on any atom is 0.136 e. The van der Waals surface area contributed by atoms with Crippen molar-refractivity contribution in [1.29, 1.82) is 0 Å². The average molecular weight is 750 g/mol. The highest BCUT2D eigenvalue weighted by molar-refractivity contribution is 6.15. The van der Waals surface area contributed by atoms with Crippen LogP contribution in [0.15, 0.2) is 210 Å². The molecule has 9 aromatic carbocycles. The van der Waals surface area contributed by atoms with Gasteiger partial charge < -0.3 is 13.6 Å². The quantitative estimate of drug-likeness (QED) is 0.172. The zero-order valence-corrected chi connectivity index (χ0v) is 29.2. The van der Waals surface area contributed by atoms with Crippen LogP contribution in [-0.2, 0) is 0 Å². The predicted octanol–water partition coefficient (Wildman–Crippen LogP) is 14.8. The fourth-order valence-electron chi connectivity index (χ4n) is 7.43. The first-order valence-corrected chi connectivity index (χ1v) is 17.6. The molecule has 0 bridgehead atoms. The standard InChI is InChI=1S/C54H34N2O/c1-3-13-35(14-4-1)36-15-11-16-39(31-36)42-21-12-24-53-54(42)47-34-41(27-30-52(47)57-53)56-49-23-10-8-20-44(49)46-32-37(26-29-50(46)56)38-25-28-45-43-19-7-9-22-48(43)55(51(45)33-38)40-17-5-2-6-18-40/h1-34H/i3D,4D,7D,8D,9D,10D,12D,13D,15D,16D,19D,20D,21D,22D,24D,25D,26D,28D,29D,30D,31D,32D,33D. The second kappa shape index (κ2) is 12.5. The minimum atomic E-state index is -0.768. The summed E-state index contributed by atoms with van der Waals surface area (Å²) in [7, 11) is 0.